The van der Waals surface area contributed by atoms with Gasteiger partial charge in [-0.1, -0.05) is 30.7 Å². The molecule has 2 heterocycles. The van der Waals surface area contributed by atoms with E-state index in [0.717, 1.165) is 56.2 Å². The predicted octanol–water partition coefficient (Wildman–Crippen LogP) is 5.39. The molecule has 1 unspecified atom stereocenters. The zero-order chi connectivity index (χ0) is 21.0. The second-order valence-corrected chi connectivity index (χ2v) is 9.19. The molecule has 2 aromatic rings. The average molecular weight is 429 g/mol. The van der Waals surface area contributed by atoms with Crippen LogP contribution in [0.1, 0.15) is 38.2 Å². The minimum absolute atomic E-state index is 0.0136. The summed E-state index contributed by atoms with van der Waals surface area (Å²) in [4.78, 5) is 4.86. The van der Waals surface area contributed by atoms with Gasteiger partial charge >= 0.3 is 0 Å². The third kappa shape index (κ3) is 5.29. The van der Waals surface area contributed by atoms with Gasteiger partial charge in [-0.2, -0.15) is 0 Å². The molecule has 2 aliphatic rings. The Kier molecular flexibility index (Phi) is 6.87. The van der Waals surface area contributed by atoms with Gasteiger partial charge in [-0.15, -0.1) is 0 Å². The second kappa shape index (κ2) is 9.59. The van der Waals surface area contributed by atoms with E-state index in [1.54, 1.807) is 0 Å². The molecule has 0 aromatic heterocycles. The number of halogens is 1. The first-order valence-electron chi connectivity index (χ1n) is 11.1. The predicted molar refractivity (Wildman–Crippen MR) is 124 cm³/mol. The lowest BCUT2D eigenvalue weighted by molar-refractivity contribution is -0.0454. The van der Waals surface area contributed by atoms with E-state index in [-0.39, 0.29) is 11.7 Å². The minimum Gasteiger partial charge on any atom is -0.488 e. The summed E-state index contributed by atoms with van der Waals surface area (Å²) in [6, 6.07) is 16.6. The molecular weight excluding hydrogens is 396 g/mol. The van der Waals surface area contributed by atoms with Crippen LogP contribution in [-0.4, -0.2) is 49.9 Å². The first kappa shape index (κ1) is 21.5. The highest BCUT2D eigenvalue weighted by Gasteiger charge is 2.43. The summed E-state index contributed by atoms with van der Waals surface area (Å²) in [5.74, 6) is 0.871. The maximum Gasteiger partial charge on any atom is 0.125 e. The molecular formula is C25H33ClN2O2. The van der Waals surface area contributed by atoms with Crippen molar-refractivity contribution in [3.63, 3.8) is 0 Å². The molecule has 2 saturated heterocycles. The third-order valence-corrected chi connectivity index (χ3v) is 6.65. The Bertz CT molecular complexity index is 801. The standard InChI is InChI=1S/C25H33ClN2O2/c1-3-14-27(2)22-8-4-20(5-9-22)18-28-15-12-25(13-16-28)17-24(19-29-25)30-23-10-6-21(26)7-11-23/h4-11,24H,3,12-19H2,1-2H3. The third-order valence-electron chi connectivity index (χ3n) is 6.40. The molecule has 2 aliphatic heterocycles. The van der Waals surface area contributed by atoms with E-state index < -0.39 is 0 Å². The van der Waals surface area contributed by atoms with Crippen LogP contribution in [0.2, 0.25) is 5.02 Å². The van der Waals surface area contributed by atoms with Crippen LogP contribution in [0.4, 0.5) is 5.69 Å². The summed E-state index contributed by atoms with van der Waals surface area (Å²) in [5.41, 5.74) is 2.67. The number of ether oxygens (including phenoxy) is 2. The van der Waals surface area contributed by atoms with Gasteiger partial charge in [-0.3, -0.25) is 4.90 Å². The quantitative estimate of drug-likeness (QED) is 0.590. The molecule has 2 fully saturated rings. The van der Waals surface area contributed by atoms with Gasteiger partial charge in [0, 0.05) is 50.4 Å². The summed E-state index contributed by atoms with van der Waals surface area (Å²) >= 11 is 5.96. The molecule has 2 aromatic carbocycles. The van der Waals surface area contributed by atoms with Crippen LogP contribution in [0.15, 0.2) is 48.5 Å². The van der Waals surface area contributed by atoms with E-state index in [0.29, 0.717) is 6.61 Å². The number of likely N-dealkylation sites (tertiary alicyclic amines) is 1. The Morgan fingerprint density at radius 2 is 1.80 bits per heavy atom. The molecule has 4 nitrogen and oxygen atoms in total. The summed E-state index contributed by atoms with van der Waals surface area (Å²) in [6.45, 7) is 7.15. The summed E-state index contributed by atoms with van der Waals surface area (Å²) < 4.78 is 12.4. The van der Waals surface area contributed by atoms with Crippen molar-refractivity contribution >= 4 is 17.3 Å². The van der Waals surface area contributed by atoms with Crippen LogP contribution < -0.4 is 9.64 Å². The molecule has 0 amide bonds. The second-order valence-electron chi connectivity index (χ2n) is 8.76. The highest BCUT2D eigenvalue weighted by molar-refractivity contribution is 6.30. The van der Waals surface area contributed by atoms with Gasteiger partial charge in [0.2, 0.25) is 0 Å². The maximum absolute atomic E-state index is 6.27. The highest BCUT2D eigenvalue weighted by atomic mass is 35.5. The zero-order valence-electron chi connectivity index (χ0n) is 18.1. The number of piperidine rings is 1. The molecule has 0 bridgehead atoms. The first-order chi connectivity index (χ1) is 14.5. The van der Waals surface area contributed by atoms with Crippen molar-refractivity contribution in [1.82, 2.24) is 4.90 Å². The fraction of sp³-hybridized carbons (Fsp3) is 0.520. The van der Waals surface area contributed by atoms with Gasteiger partial charge in [0.15, 0.2) is 0 Å². The van der Waals surface area contributed by atoms with Crippen LogP contribution in [0.3, 0.4) is 0 Å². The molecule has 0 radical (unpaired) electrons. The molecule has 162 valence electrons. The van der Waals surface area contributed by atoms with Crippen molar-refractivity contribution < 1.29 is 9.47 Å². The Labute approximate surface area is 185 Å². The molecule has 1 spiro atoms. The van der Waals surface area contributed by atoms with Gasteiger partial charge in [-0.05, 0) is 61.2 Å². The Hall–Kier alpha value is -1.75. The van der Waals surface area contributed by atoms with Crippen molar-refractivity contribution in [3.05, 3.63) is 59.1 Å². The van der Waals surface area contributed by atoms with Crippen molar-refractivity contribution in [2.75, 3.05) is 38.2 Å². The Morgan fingerprint density at radius 1 is 1.10 bits per heavy atom. The van der Waals surface area contributed by atoms with Crippen molar-refractivity contribution in [2.24, 2.45) is 0 Å². The van der Waals surface area contributed by atoms with E-state index in [9.17, 15) is 0 Å². The van der Waals surface area contributed by atoms with E-state index in [4.69, 9.17) is 21.1 Å². The number of rotatable bonds is 7. The summed E-state index contributed by atoms with van der Waals surface area (Å²) in [6.07, 6.45) is 4.42. The van der Waals surface area contributed by atoms with Gasteiger partial charge in [0.1, 0.15) is 11.9 Å². The van der Waals surface area contributed by atoms with Crippen molar-refractivity contribution in [1.29, 1.82) is 0 Å². The van der Waals surface area contributed by atoms with Crippen LogP contribution in [-0.2, 0) is 11.3 Å². The summed E-state index contributed by atoms with van der Waals surface area (Å²) in [5, 5.41) is 0.733. The Balaban J connectivity index is 1.25. The zero-order valence-corrected chi connectivity index (χ0v) is 18.9. The monoisotopic (exact) mass is 428 g/mol. The SMILES string of the molecule is CCCN(C)c1ccc(CN2CCC3(CC2)CC(Oc2ccc(Cl)cc2)CO3)cc1. The van der Waals surface area contributed by atoms with Crippen LogP contribution in [0, 0.1) is 0 Å². The van der Waals surface area contributed by atoms with Gasteiger partial charge in [0.25, 0.3) is 0 Å². The van der Waals surface area contributed by atoms with Gasteiger partial charge < -0.3 is 14.4 Å². The topological polar surface area (TPSA) is 24.9 Å². The molecule has 0 aliphatic carbocycles. The molecule has 4 rings (SSSR count). The molecule has 0 N–H and O–H groups in total. The first-order valence-corrected chi connectivity index (χ1v) is 11.5. The van der Waals surface area contributed by atoms with E-state index in [1.807, 2.05) is 24.3 Å². The number of anilines is 1. The fourth-order valence-corrected chi connectivity index (χ4v) is 4.76. The van der Waals surface area contributed by atoms with E-state index >= 15 is 0 Å². The molecule has 5 heteroatoms. The van der Waals surface area contributed by atoms with E-state index in [1.165, 1.54) is 17.7 Å². The number of hydrogen-bond donors (Lipinski definition) is 0. The Morgan fingerprint density at radius 3 is 2.47 bits per heavy atom. The lowest BCUT2D eigenvalue weighted by Gasteiger charge is -2.38. The highest BCUT2D eigenvalue weighted by Crippen LogP contribution is 2.37. The van der Waals surface area contributed by atoms with Crippen molar-refractivity contribution in [2.45, 2.75) is 50.9 Å². The fourth-order valence-electron chi connectivity index (χ4n) is 4.63. The molecule has 0 saturated carbocycles. The maximum atomic E-state index is 6.27. The molecule has 1 atom stereocenters. The van der Waals surface area contributed by atoms with E-state index in [2.05, 4.69) is 48.0 Å². The largest absolute Gasteiger partial charge is 0.488 e. The van der Waals surface area contributed by atoms with Crippen molar-refractivity contribution in [3.8, 4) is 5.75 Å². The normalized spacial score (nSPS) is 21.1. The van der Waals surface area contributed by atoms with Gasteiger partial charge in [0.05, 0.1) is 12.2 Å². The average Bonchev–Trinajstić information content (AvgIpc) is 3.14. The number of nitrogens with zero attached hydrogens (tertiary/aromatic N) is 2. The smallest absolute Gasteiger partial charge is 0.125 e. The lowest BCUT2D eigenvalue weighted by atomic mass is 9.88. The van der Waals surface area contributed by atoms with Crippen LogP contribution in [0.25, 0.3) is 0 Å². The summed E-state index contributed by atoms with van der Waals surface area (Å²) in [7, 11) is 2.16. The lowest BCUT2D eigenvalue weighted by Crippen LogP contribution is -2.44. The number of benzene rings is 2. The van der Waals surface area contributed by atoms with Crippen LogP contribution in [0.5, 0.6) is 5.75 Å². The van der Waals surface area contributed by atoms with Crippen LogP contribution >= 0.6 is 11.6 Å². The number of hydrogen-bond acceptors (Lipinski definition) is 4. The minimum atomic E-state index is -0.0136. The van der Waals surface area contributed by atoms with Gasteiger partial charge in [-0.25, -0.2) is 0 Å². The molecule has 30 heavy (non-hydrogen) atoms.